The zero-order valence-corrected chi connectivity index (χ0v) is 10.2. The van der Waals surface area contributed by atoms with Crippen LogP contribution in [0.3, 0.4) is 0 Å². The summed E-state index contributed by atoms with van der Waals surface area (Å²) in [7, 11) is 0. The molecule has 0 radical (unpaired) electrons. The molecule has 0 unspecified atom stereocenters. The fourth-order valence-electron chi connectivity index (χ4n) is 1.46. The van der Waals surface area contributed by atoms with Crippen molar-refractivity contribution in [1.29, 1.82) is 0 Å². The van der Waals surface area contributed by atoms with Crippen molar-refractivity contribution in [3.63, 3.8) is 0 Å². The van der Waals surface area contributed by atoms with Crippen molar-refractivity contribution in [2.24, 2.45) is 0 Å². The van der Waals surface area contributed by atoms with E-state index in [-0.39, 0.29) is 0 Å². The summed E-state index contributed by atoms with van der Waals surface area (Å²) >= 11 is 1.60. The molecular weight excluding hydrogens is 216 g/mol. The van der Waals surface area contributed by atoms with Crippen LogP contribution in [0.1, 0.15) is 11.1 Å². The molecule has 2 N–H and O–H groups in total. The Morgan fingerprint density at radius 1 is 1.12 bits per heavy atom. The largest absolute Gasteiger partial charge is 0.397 e. The van der Waals surface area contributed by atoms with Gasteiger partial charge in [0.05, 0.1) is 5.69 Å². The van der Waals surface area contributed by atoms with Crippen molar-refractivity contribution in [3.8, 4) is 0 Å². The van der Waals surface area contributed by atoms with Crippen LogP contribution in [0.4, 0.5) is 5.69 Å². The molecule has 0 bridgehead atoms. The number of benzene rings is 1. The minimum atomic E-state index is 0.742. The van der Waals surface area contributed by atoms with E-state index in [1.807, 2.05) is 25.3 Å². The van der Waals surface area contributed by atoms with Gasteiger partial charge in [0.15, 0.2) is 0 Å². The van der Waals surface area contributed by atoms with Gasteiger partial charge in [-0.05, 0) is 37.6 Å². The van der Waals surface area contributed by atoms with E-state index in [1.54, 1.807) is 11.8 Å². The van der Waals surface area contributed by atoms with Crippen molar-refractivity contribution in [2.45, 2.75) is 23.8 Å². The zero-order valence-electron chi connectivity index (χ0n) is 9.40. The van der Waals surface area contributed by atoms with Gasteiger partial charge in [-0.2, -0.15) is 0 Å². The standard InChI is InChI=1S/C13H14N2S/c1-9-4-3-5-11(6-9)16-13-12(14)7-10(2)8-15-13/h3-8H,14H2,1-2H3. The summed E-state index contributed by atoms with van der Waals surface area (Å²) in [5, 5.41) is 0.871. The highest BCUT2D eigenvalue weighted by molar-refractivity contribution is 7.99. The molecule has 1 aromatic heterocycles. The van der Waals surface area contributed by atoms with E-state index in [0.29, 0.717) is 0 Å². The minimum Gasteiger partial charge on any atom is -0.397 e. The summed E-state index contributed by atoms with van der Waals surface area (Å²) in [6.07, 6.45) is 1.84. The Morgan fingerprint density at radius 3 is 2.62 bits per heavy atom. The average Bonchev–Trinajstić information content (AvgIpc) is 2.22. The van der Waals surface area contributed by atoms with E-state index in [2.05, 4.69) is 30.1 Å². The fourth-order valence-corrected chi connectivity index (χ4v) is 2.35. The normalized spacial score (nSPS) is 10.4. The first-order valence-corrected chi connectivity index (χ1v) is 5.93. The number of anilines is 1. The first kappa shape index (κ1) is 11.0. The maximum Gasteiger partial charge on any atom is 0.124 e. The number of nitrogens with two attached hydrogens (primary N) is 1. The number of hydrogen-bond acceptors (Lipinski definition) is 3. The van der Waals surface area contributed by atoms with Crippen molar-refractivity contribution >= 4 is 17.4 Å². The average molecular weight is 230 g/mol. The molecule has 3 heteroatoms. The van der Waals surface area contributed by atoms with Gasteiger partial charge in [-0.3, -0.25) is 0 Å². The van der Waals surface area contributed by atoms with Crippen LogP contribution in [-0.4, -0.2) is 4.98 Å². The van der Waals surface area contributed by atoms with Crippen molar-refractivity contribution < 1.29 is 0 Å². The Hall–Kier alpha value is -1.48. The fraction of sp³-hybridized carbons (Fsp3) is 0.154. The lowest BCUT2D eigenvalue weighted by atomic mass is 10.2. The van der Waals surface area contributed by atoms with Gasteiger partial charge >= 0.3 is 0 Å². The second-order valence-corrected chi connectivity index (χ2v) is 4.89. The summed E-state index contributed by atoms with van der Waals surface area (Å²) in [6, 6.07) is 10.3. The number of hydrogen-bond donors (Lipinski definition) is 1. The summed E-state index contributed by atoms with van der Waals surface area (Å²) in [4.78, 5) is 5.51. The lowest BCUT2D eigenvalue weighted by molar-refractivity contribution is 1.11. The van der Waals surface area contributed by atoms with E-state index >= 15 is 0 Å². The molecule has 16 heavy (non-hydrogen) atoms. The third-order valence-electron chi connectivity index (χ3n) is 2.22. The van der Waals surface area contributed by atoms with Gasteiger partial charge in [-0.1, -0.05) is 29.5 Å². The Balaban J connectivity index is 2.27. The van der Waals surface area contributed by atoms with Gasteiger partial charge in [0.1, 0.15) is 5.03 Å². The molecule has 0 spiro atoms. The van der Waals surface area contributed by atoms with Crippen LogP contribution in [0.5, 0.6) is 0 Å². The van der Waals surface area contributed by atoms with Crippen molar-refractivity contribution in [1.82, 2.24) is 4.98 Å². The zero-order chi connectivity index (χ0) is 11.5. The molecule has 0 saturated heterocycles. The maximum atomic E-state index is 5.92. The lowest BCUT2D eigenvalue weighted by Gasteiger charge is -2.05. The Morgan fingerprint density at radius 2 is 1.94 bits per heavy atom. The molecular formula is C13H14N2S. The van der Waals surface area contributed by atoms with Crippen LogP contribution < -0.4 is 5.73 Å². The molecule has 0 aliphatic rings. The summed E-state index contributed by atoms with van der Waals surface area (Å²) in [5.41, 5.74) is 9.00. The second kappa shape index (κ2) is 4.58. The Kier molecular flexibility index (Phi) is 3.15. The molecule has 2 aromatic rings. The summed E-state index contributed by atoms with van der Waals surface area (Å²) in [5.74, 6) is 0. The van der Waals surface area contributed by atoms with Crippen molar-refractivity contribution in [3.05, 3.63) is 47.7 Å². The van der Waals surface area contributed by atoms with Gasteiger partial charge in [0.25, 0.3) is 0 Å². The highest BCUT2D eigenvalue weighted by Crippen LogP contribution is 2.30. The molecule has 0 atom stereocenters. The van der Waals surface area contributed by atoms with Crippen LogP contribution in [0.2, 0.25) is 0 Å². The van der Waals surface area contributed by atoms with Crippen LogP contribution in [0.15, 0.2) is 46.5 Å². The van der Waals surface area contributed by atoms with E-state index < -0.39 is 0 Å². The SMILES string of the molecule is Cc1cccc(Sc2ncc(C)cc2N)c1. The predicted molar refractivity (Wildman–Crippen MR) is 68.7 cm³/mol. The van der Waals surface area contributed by atoms with Crippen molar-refractivity contribution in [2.75, 3.05) is 5.73 Å². The Labute approximate surface area is 99.9 Å². The number of pyridine rings is 1. The quantitative estimate of drug-likeness (QED) is 0.859. The molecule has 2 nitrogen and oxygen atoms in total. The molecule has 82 valence electrons. The Bertz CT molecular complexity index is 509. The van der Waals surface area contributed by atoms with Gasteiger partial charge in [-0.25, -0.2) is 4.98 Å². The molecule has 0 fully saturated rings. The number of aromatic nitrogens is 1. The van der Waals surface area contributed by atoms with Gasteiger partial charge in [-0.15, -0.1) is 0 Å². The van der Waals surface area contributed by atoms with Crippen LogP contribution >= 0.6 is 11.8 Å². The van der Waals surface area contributed by atoms with E-state index in [9.17, 15) is 0 Å². The number of nitrogens with zero attached hydrogens (tertiary/aromatic N) is 1. The molecule has 0 amide bonds. The van der Waals surface area contributed by atoms with E-state index in [4.69, 9.17) is 5.73 Å². The number of rotatable bonds is 2. The third kappa shape index (κ3) is 2.55. The first-order valence-electron chi connectivity index (χ1n) is 5.12. The van der Waals surface area contributed by atoms with Crippen LogP contribution in [0, 0.1) is 13.8 Å². The van der Waals surface area contributed by atoms with Crippen LogP contribution in [-0.2, 0) is 0 Å². The second-order valence-electron chi connectivity index (χ2n) is 3.83. The third-order valence-corrected chi connectivity index (χ3v) is 3.24. The minimum absolute atomic E-state index is 0.742. The topological polar surface area (TPSA) is 38.9 Å². The predicted octanol–water partition coefficient (Wildman–Crippen LogP) is 3.43. The first-order chi connectivity index (χ1) is 7.65. The monoisotopic (exact) mass is 230 g/mol. The van der Waals surface area contributed by atoms with E-state index in [1.165, 1.54) is 10.5 Å². The summed E-state index contributed by atoms with van der Waals surface area (Å²) in [6.45, 7) is 4.07. The molecule has 0 aliphatic carbocycles. The number of aryl methyl sites for hydroxylation is 2. The molecule has 2 rings (SSSR count). The number of nitrogen functional groups attached to an aromatic ring is 1. The van der Waals surface area contributed by atoms with Gasteiger partial charge in [0.2, 0.25) is 0 Å². The molecule has 1 heterocycles. The molecule has 0 saturated carbocycles. The lowest BCUT2D eigenvalue weighted by Crippen LogP contribution is -1.92. The molecule has 0 aliphatic heterocycles. The highest BCUT2D eigenvalue weighted by atomic mass is 32.2. The maximum absolute atomic E-state index is 5.92. The van der Waals surface area contributed by atoms with Gasteiger partial charge in [0, 0.05) is 11.1 Å². The van der Waals surface area contributed by atoms with Crippen LogP contribution in [0.25, 0.3) is 0 Å². The highest BCUT2D eigenvalue weighted by Gasteiger charge is 2.03. The van der Waals surface area contributed by atoms with Gasteiger partial charge < -0.3 is 5.73 Å². The summed E-state index contributed by atoms with van der Waals surface area (Å²) < 4.78 is 0. The van der Waals surface area contributed by atoms with E-state index in [0.717, 1.165) is 16.3 Å². The smallest absolute Gasteiger partial charge is 0.124 e. The molecule has 1 aromatic carbocycles.